The molecule has 0 aliphatic rings. The van der Waals surface area contributed by atoms with Crippen LogP contribution in [0.15, 0.2) is 107 Å². The number of nitrogens with one attached hydrogen (secondary N) is 2. The van der Waals surface area contributed by atoms with E-state index in [1.54, 1.807) is 55.5 Å². The number of nitrogens with zero attached hydrogens (tertiary/aromatic N) is 2. The largest absolute Gasteiger partial charge is 0.484 e. The lowest BCUT2D eigenvalue weighted by atomic mass is 10.1. The Balaban J connectivity index is 1.35. The van der Waals surface area contributed by atoms with Crippen molar-refractivity contribution < 1.29 is 22.7 Å². The smallest absolute Gasteiger partial charge is 0.264 e. The number of sulfonamides is 1. The lowest BCUT2D eigenvalue weighted by Crippen LogP contribution is -2.40. The highest BCUT2D eigenvalue weighted by Gasteiger charge is 2.28. The summed E-state index contributed by atoms with van der Waals surface area (Å²) in [4.78, 5) is 25.1. The molecule has 222 valence electrons. The third kappa shape index (κ3) is 8.76. The number of hydrazone groups is 1. The second kappa shape index (κ2) is 14.3. The van der Waals surface area contributed by atoms with Gasteiger partial charge in [0, 0.05) is 6.54 Å². The number of carbonyl (C=O) groups is 2. The summed E-state index contributed by atoms with van der Waals surface area (Å²) in [5.41, 5.74) is 7.12. The van der Waals surface area contributed by atoms with Crippen LogP contribution >= 0.6 is 0 Å². The highest BCUT2D eigenvalue weighted by atomic mass is 32.2. The van der Waals surface area contributed by atoms with Crippen molar-refractivity contribution in [3.05, 3.63) is 125 Å². The highest BCUT2D eigenvalue weighted by molar-refractivity contribution is 7.92. The van der Waals surface area contributed by atoms with Gasteiger partial charge in [-0.3, -0.25) is 13.9 Å². The standard InChI is InChI=1S/C33H34N4O5S/c1-24-9-16-30(17-10-24)43(40,41)37(31-18-11-25(2)19-26(31)3)22-32(38)36-35-21-28-12-14-29(15-13-28)42-23-33(39)34-20-27-7-5-4-6-8-27/h4-19,21H,20,22-23H2,1-3H3,(H,34,39)(H,36,38)/b35-21-. The van der Waals surface area contributed by atoms with Gasteiger partial charge in [-0.1, -0.05) is 65.7 Å². The van der Waals surface area contributed by atoms with Crippen molar-refractivity contribution in [3.8, 4) is 5.75 Å². The van der Waals surface area contributed by atoms with Crippen molar-refractivity contribution in [3.63, 3.8) is 0 Å². The van der Waals surface area contributed by atoms with Gasteiger partial charge in [0.25, 0.3) is 21.8 Å². The van der Waals surface area contributed by atoms with Gasteiger partial charge in [0.15, 0.2) is 6.61 Å². The predicted molar refractivity (Wildman–Crippen MR) is 168 cm³/mol. The molecular formula is C33H34N4O5S. The summed E-state index contributed by atoms with van der Waals surface area (Å²) in [6.07, 6.45) is 1.43. The molecule has 0 aliphatic heterocycles. The monoisotopic (exact) mass is 598 g/mol. The fraction of sp³-hybridized carbons (Fsp3) is 0.182. The third-order valence-corrected chi connectivity index (χ3v) is 8.28. The maximum Gasteiger partial charge on any atom is 0.264 e. The molecule has 0 saturated heterocycles. The zero-order valence-electron chi connectivity index (χ0n) is 24.3. The van der Waals surface area contributed by atoms with E-state index < -0.39 is 22.5 Å². The molecule has 9 nitrogen and oxygen atoms in total. The number of amides is 2. The van der Waals surface area contributed by atoms with E-state index in [0.29, 0.717) is 23.5 Å². The number of anilines is 1. The van der Waals surface area contributed by atoms with Crippen LogP contribution in [-0.4, -0.2) is 39.6 Å². The van der Waals surface area contributed by atoms with E-state index in [-0.39, 0.29) is 17.4 Å². The van der Waals surface area contributed by atoms with Gasteiger partial charge in [-0.15, -0.1) is 0 Å². The van der Waals surface area contributed by atoms with Gasteiger partial charge in [-0.2, -0.15) is 5.10 Å². The molecule has 43 heavy (non-hydrogen) atoms. The Hall–Kier alpha value is -4.96. The van der Waals surface area contributed by atoms with E-state index in [1.807, 2.05) is 50.2 Å². The van der Waals surface area contributed by atoms with Gasteiger partial charge < -0.3 is 10.1 Å². The van der Waals surface area contributed by atoms with Crippen LogP contribution in [0.4, 0.5) is 5.69 Å². The first-order valence-electron chi connectivity index (χ1n) is 13.6. The number of hydrogen-bond donors (Lipinski definition) is 2. The molecule has 0 heterocycles. The van der Waals surface area contributed by atoms with Crippen LogP contribution in [0, 0.1) is 20.8 Å². The first-order valence-corrected chi connectivity index (χ1v) is 15.1. The molecule has 4 aromatic carbocycles. The molecule has 0 fully saturated rings. The summed E-state index contributed by atoms with van der Waals surface area (Å²) in [5.74, 6) is -0.341. The lowest BCUT2D eigenvalue weighted by Gasteiger charge is -2.25. The van der Waals surface area contributed by atoms with Gasteiger partial charge in [0.05, 0.1) is 16.8 Å². The van der Waals surface area contributed by atoms with E-state index in [1.165, 1.54) is 18.3 Å². The van der Waals surface area contributed by atoms with Crippen LogP contribution in [0.3, 0.4) is 0 Å². The average Bonchev–Trinajstić information content (AvgIpc) is 2.99. The minimum atomic E-state index is -4.03. The molecule has 10 heteroatoms. The lowest BCUT2D eigenvalue weighted by molar-refractivity contribution is -0.123. The fourth-order valence-electron chi connectivity index (χ4n) is 4.21. The van der Waals surface area contributed by atoms with Crippen molar-refractivity contribution >= 4 is 33.7 Å². The topological polar surface area (TPSA) is 117 Å². The molecule has 4 aromatic rings. The second-order valence-electron chi connectivity index (χ2n) is 10.0. The van der Waals surface area contributed by atoms with Gasteiger partial charge in [0.1, 0.15) is 12.3 Å². The molecular weight excluding hydrogens is 564 g/mol. The molecule has 0 radical (unpaired) electrons. The number of benzene rings is 4. The Morgan fingerprint density at radius 3 is 2.19 bits per heavy atom. The number of rotatable bonds is 12. The van der Waals surface area contributed by atoms with Crippen molar-refractivity contribution in [1.82, 2.24) is 10.7 Å². The Morgan fingerprint density at radius 2 is 1.51 bits per heavy atom. The zero-order valence-corrected chi connectivity index (χ0v) is 25.1. The van der Waals surface area contributed by atoms with Crippen LogP contribution in [-0.2, 0) is 26.2 Å². The summed E-state index contributed by atoms with van der Waals surface area (Å²) in [5, 5.41) is 6.80. The molecule has 0 atom stereocenters. The number of aryl methyl sites for hydroxylation is 3. The summed E-state index contributed by atoms with van der Waals surface area (Å²) in [6.45, 7) is 5.43. The molecule has 0 unspecified atom stereocenters. The minimum absolute atomic E-state index is 0.0883. The fourth-order valence-corrected chi connectivity index (χ4v) is 5.70. The van der Waals surface area contributed by atoms with E-state index in [0.717, 1.165) is 26.6 Å². The Bertz CT molecular complexity index is 1690. The molecule has 0 aromatic heterocycles. The Kier molecular flexibility index (Phi) is 10.3. The second-order valence-corrected chi connectivity index (χ2v) is 11.9. The number of carbonyl (C=O) groups excluding carboxylic acids is 2. The minimum Gasteiger partial charge on any atom is -0.484 e. The molecule has 2 N–H and O–H groups in total. The number of hydrogen-bond acceptors (Lipinski definition) is 6. The van der Waals surface area contributed by atoms with E-state index in [9.17, 15) is 18.0 Å². The van der Waals surface area contributed by atoms with Crippen molar-refractivity contribution in [2.45, 2.75) is 32.2 Å². The van der Waals surface area contributed by atoms with Crippen LogP contribution in [0.5, 0.6) is 5.75 Å². The quantitative estimate of drug-likeness (QED) is 0.182. The maximum atomic E-state index is 13.6. The average molecular weight is 599 g/mol. The Morgan fingerprint density at radius 1 is 0.837 bits per heavy atom. The summed E-state index contributed by atoms with van der Waals surface area (Å²) in [7, 11) is -4.03. The predicted octanol–water partition coefficient (Wildman–Crippen LogP) is 4.65. The van der Waals surface area contributed by atoms with Gasteiger partial charge in [-0.25, -0.2) is 13.8 Å². The highest BCUT2D eigenvalue weighted by Crippen LogP contribution is 2.27. The van der Waals surface area contributed by atoms with Crippen molar-refractivity contribution in [1.29, 1.82) is 0 Å². The molecule has 0 bridgehead atoms. The van der Waals surface area contributed by atoms with Gasteiger partial charge >= 0.3 is 0 Å². The molecule has 0 saturated carbocycles. The first-order chi connectivity index (χ1) is 20.6. The molecule has 0 aliphatic carbocycles. The molecule has 0 spiro atoms. The van der Waals surface area contributed by atoms with E-state index in [2.05, 4.69) is 15.8 Å². The van der Waals surface area contributed by atoms with Crippen LogP contribution in [0.1, 0.15) is 27.8 Å². The van der Waals surface area contributed by atoms with Gasteiger partial charge in [-0.05, 0) is 79.9 Å². The maximum absolute atomic E-state index is 13.6. The molecule has 2 amide bonds. The third-order valence-electron chi connectivity index (χ3n) is 6.50. The molecule has 4 rings (SSSR count). The van der Waals surface area contributed by atoms with Crippen LogP contribution < -0.4 is 19.8 Å². The van der Waals surface area contributed by atoms with Crippen molar-refractivity contribution in [2.24, 2.45) is 5.10 Å². The SMILES string of the molecule is Cc1ccc(S(=O)(=O)N(CC(=O)N/N=C\c2ccc(OCC(=O)NCc3ccccc3)cc2)c2ccc(C)cc2C)cc1. The van der Waals surface area contributed by atoms with E-state index >= 15 is 0 Å². The first kappa shape index (κ1) is 31.0. The summed E-state index contributed by atoms with van der Waals surface area (Å²) >= 11 is 0. The summed E-state index contributed by atoms with van der Waals surface area (Å²) in [6, 6.07) is 28.3. The van der Waals surface area contributed by atoms with Gasteiger partial charge in [0.2, 0.25) is 0 Å². The zero-order chi connectivity index (χ0) is 30.8. The number of ether oxygens (including phenoxy) is 1. The summed E-state index contributed by atoms with van der Waals surface area (Å²) < 4.78 is 33.9. The van der Waals surface area contributed by atoms with Crippen LogP contribution in [0.25, 0.3) is 0 Å². The Labute approximate surface area is 252 Å². The van der Waals surface area contributed by atoms with E-state index in [4.69, 9.17) is 4.74 Å². The van der Waals surface area contributed by atoms with Crippen LogP contribution in [0.2, 0.25) is 0 Å². The normalized spacial score (nSPS) is 11.2. The van der Waals surface area contributed by atoms with Crippen molar-refractivity contribution in [2.75, 3.05) is 17.5 Å².